The van der Waals surface area contributed by atoms with E-state index in [1.807, 2.05) is 34.4 Å². The lowest BCUT2D eigenvalue weighted by atomic mass is 10.0. The molecule has 0 bridgehead atoms. The molecule has 5 heterocycles. The number of anilines is 1. The first-order valence-corrected chi connectivity index (χ1v) is 13.6. The minimum absolute atomic E-state index is 0.232. The molecule has 2 aromatic heterocycles. The Balaban J connectivity index is 1.32. The maximum atomic E-state index is 14.1. The maximum Gasteiger partial charge on any atom is 0.322 e. The summed E-state index contributed by atoms with van der Waals surface area (Å²) in [6, 6.07) is 15.3. The van der Waals surface area contributed by atoms with Crippen molar-refractivity contribution in [1.29, 1.82) is 0 Å². The maximum absolute atomic E-state index is 14.1. The predicted octanol–water partition coefficient (Wildman–Crippen LogP) is 5.57. The minimum Gasteiger partial charge on any atom is -0.486 e. The van der Waals surface area contributed by atoms with Crippen molar-refractivity contribution >= 4 is 23.1 Å². The molecule has 7 nitrogen and oxygen atoms in total. The molecule has 0 radical (unpaired) electrons. The summed E-state index contributed by atoms with van der Waals surface area (Å²) in [4.78, 5) is 19.6. The van der Waals surface area contributed by atoms with Gasteiger partial charge in [0.1, 0.15) is 24.0 Å². The van der Waals surface area contributed by atoms with Gasteiger partial charge in [-0.1, -0.05) is 12.1 Å². The van der Waals surface area contributed by atoms with E-state index in [1.54, 1.807) is 18.2 Å². The fraction of sp³-hybridized carbons (Fsp3) is 0.276. The molecule has 0 saturated carbocycles. The Bertz CT molecular complexity index is 1530. The smallest absolute Gasteiger partial charge is 0.322 e. The molecule has 0 saturated heterocycles. The highest BCUT2D eigenvalue weighted by Gasteiger charge is 2.36. The van der Waals surface area contributed by atoms with Gasteiger partial charge >= 0.3 is 6.03 Å². The van der Waals surface area contributed by atoms with E-state index in [0.717, 1.165) is 35.8 Å². The van der Waals surface area contributed by atoms with Crippen LogP contribution in [-0.4, -0.2) is 47.2 Å². The van der Waals surface area contributed by atoms with Crippen LogP contribution in [0.25, 0.3) is 5.00 Å². The van der Waals surface area contributed by atoms with Crippen LogP contribution >= 0.6 is 11.3 Å². The quantitative estimate of drug-likeness (QED) is 0.368. The van der Waals surface area contributed by atoms with E-state index in [-0.39, 0.29) is 11.8 Å². The second kappa shape index (κ2) is 9.18. The van der Waals surface area contributed by atoms with Crippen LogP contribution in [0.5, 0.6) is 11.5 Å². The number of halogens is 1. The number of fused-ring (bicyclic) bond motifs is 6. The van der Waals surface area contributed by atoms with Crippen LogP contribution in [0.3, 0.4) is 0 Å². The number of carbonyl (C=O) groups excluding carboxylic acids is 1. The number of thiophene rings is 1. The topological polar surface area (TPSA) is 59.0 Å². The first-order chi connectivity index (χ1) is 18.5. The van der Waals surface area contributed by atoms with E-state index < -0.39 is 6.04 Å². The summed E-state index contributed by atoms with van der Waals surface area (Å²) >= 11 is 1.81. The van der Waals surface area contributed by atoms with Gasteiger partial charge in [-0.15, -0.1) is 11.3 Å². The van der Waals surface area contributed by atoms with E-state index in [9.17, 15) is 9.18 Å². The van der Waals surface area contributed by atoms with Crippen LogP contribution in [0.4, 0.5) is 14.9 Å². The van der Waals surface area contributed by atoms with E-state index in [4.69, 9.17) is 9.47 Å². The summed E-state index contributed by atoms with van der Waals surface area (Å²) in [5.74, 6) is 0.986. The van der Waals surface area contributed by atoms with Crippen LogP contribution in [0.2, 0.25) is 0 Å². The van der Waals surface area contributed by atoms with Gasteiger partial charge < -0.3 is 29.2 Å². The van der Waals surface area contributed by atoms with Crippen molar-refractivity contribution in [3.8, 4) is 16.5 Å². The standard InChI is InChI=1S/C29H27FN4O3S/c1-32-12-10-21-22-16-34(29(35)31-20-8-9-24-25(15-20)37-14-13-36-24)27(18-4-6-19(30)7-5-18)23-3-2-11-33(23)28(22)38-26(21)17-32/h2-9,11,15,27H,10,12-14,16-17H2,1H3,(H,31,35)/t27-/m0/s1. The van der Waals surface area contributed by atoms with Crippen molar-refractivity contribution in [3.05, 3.63) is 93.9 Å². The number of carbonyl (C=O) groups is 1. The highest BCUT2D eigenvalue weighted by molar-refractivity contribution is 7.15. The number of nitrogens with zero attached hydrogens (tertiary/aromatic N) is 3. The molecule has 38 heavy (non-hydrogen) atoms. The predicted molar refractivity (Wildman–Crippen MR) is 144 cm³/mol. The second-order valence-corrected chi connectivity index (χ2v) is 11.0. The van der Waals surface area contributed by atoms with Gasteiger partial charge in [0.25, 0.3) is 0 Å². The zero-order valence-electron chi connectivity index (χ0n) is 20.9. The zero-order valence-corrected chi connectivity index (χ0v) is 21.8. The SMILES string of the molecule is CN1CCc2c(sc3c2CN(C(=O)Nc2ccc4c(c2)OCCO4)[C@@H](c2ccc(F)cc2)c2cccn2-3)C1. The Morgan fingerprint density at radius 3 is 2.68 bits per heavy atom. The molecule has 1 atom stereocenters. The molecule has 9 heteroatoms. The fourth-order valence-corrected chi connectivity index (χ4v) is 7.11. The number of aromatic nitrogens is 1. The van der Waals surface area contributed by atoms with Crippen LogP contribution in [0.1, 0.15) is 33.3 Å². The lowest BCUT2D eigenvalue weighted by Crippen LogP contribution is -2.38. The third kappa shape index (κ3) is 3.93. The van der Waals surface area contributed by atoms with E-state index in [2.05, 4.69) is 34.1 Å². The molecule has 0 fully saturated rings. The first-order valence-electron chi connectivity index (χ1n) is 12.8. The summed E-state index contributed by atoms with van der Waals surface area (Å²) in [5, 5.41) is 4.26. The van der Waals surface area contributed by atoms with Crippen LogP contribution in [-0.2, 0) is 19.5 Å². The number of nitrogens with one attached hydrogen (secondary N) is 1. The molecule has 3 aliphatic rings. The first kappa shape index (κ1) is 23.3. The van der Waals surface area contributed by atoms with E-state index in [1.165, 1.54) is 28.1 Å². The minimum atomic E-state index is -0.399. The third-order valence-electron chi connectivity index (χ3n) is 7.50. The molecule has 7 rings (SSSR count). The van der Waals surface area contributed by atoms with Gasteiger partial charge in [0, 0.05) is 41.5 Å². The number of urea groups is 1. The van der Waals surface area contributed by atoms with Crippen LogP contribution < -0.4 is 14.8 Å². The van der Waals surface area contributed by atoms with Crippen molar-refractivity contribution in [1.82, 2.24) is 14.4 Å². The van der Waals surface area contributed by atoms with Crippen molar-refractivity contribution in [2.45, 2.75) is 25.6 Å². The van der Waals surface area contributed by atoms with Crippen LogP contribution in [0, 0.1) is 5.82 Å². The normalized spacial score (nSPS) is 18.3. The molecule has 194 valence electrons. The average molecular weight is 531 g/mol. The Hall–Kier alpha value is -3.82. The lowest BCUT2D eigenvalue weighted by molar-refractivity contribution is 0.171. The average Bonchev–Trinajstić information content (AvgIpc) is 3.50. The summed E-state index contributed by atoms with van der Waals surface area (Å²) < 4.78 is 27.5. The molecule has 3 aliphatic heterocycles. The summed E-state index contributed by atoms with van der Waals surface area (Å²) in [7, 11) is 2.15. The monoisotopic (exact) mass is 530 g/mol. The Kier molecular flexibility index (Phi) is 5.63. The van der Waals surface area contributed by atoms with Gasteiger partial charge in [-0.25, -0.2) is 9.18 Å². The Labute approximate surface area is 224 Å². The highest BCUT2D eigenvalue weighted by atomic mass is 32.1. The molecular weight excluding hydrogens is 503 g/mol. The van der Waals surface area contributed by atoms with Crippen molar-refractivity contribution in [2.24, 2.45) is 0 Å². The van der Waals surface area contributed by atoms with Gasteiger partial charge in [0.05, 0.1) is 18.3 Å². The molecule has 0 unspecified atom stereocenters. The largest absolute Gasteiger partial charge is 0.486 e. The van der Waals surface area contributed by atoms with Crippen molar-refractivity contribution in [2.75, 3.05) is 32.1 Å². The van der Waals surface area contributed by atoms with Gasteiger partial charge in [-0.3, -0.25) is 0 Å². The number of hydrogen-bond acceptors (Lipinski definition) is 5. The number of amides is 2. The van der Waals surface area contributed by atoms with Crippen LogP contribution in [0.15, 0.2) is 60.8 Å². The van der Waals surface area contributed by atoms with Gasteiger partial charge in [-0.05, 0) is 61.0 Å². The van der Waals surface area contributed by atoms with E-state index in [0.29, 0.717) is 36.9 Å². The summed E-state index contributed by atoms with van der Waals surface area (Å²) in [6.07, 6.45) is 3.02. The number of benzene rings is 2. The number of likely N-dealkylation sites (N-methyl/N-ethyl adjacent to an activating group) is 1. The third-order valence-corrected chi connectivity index (χ3v) is 8.75. The van der Waals surface area contributed by atoms with Gasteiger partial charge in [-0.2, -0.15) is 0 Å². The molecule has 2 amide bonds. The highest BCUT2D eigenvalue weighted by Crippen LogP contribution is 2.44. The number of hydrogen-bond donors (Lipinski definition) is 1. The summed E-state index contributed by atoms with van der Waals surface area (Å²) in [6.45, 7) is 3.33. The number of ether oxygens (including phenoxy) is 2. The fourth-order valence-electron chi connectivity index (χ4n) is 5.66. The molecule has 0 spiro atoms. The molecule has 4 aromatic rings. The number of rotatable bonds is 2. The van der Waals surface area contributed by atoms with Gasteiger partial charge in [0.2, 0.25) is 0 Å². The summed E-state index contributed by atoms with van der Waals surface area (Å²) in [5.41, 5.74) is 5.00. The molecular formula is C29H27FN4O3S. The Morgan fingerprint density at radius 1 is 1.03 bits per heavy atom. The molecule has 0 aliphatic carbocycles. The van der Waals surface area contributed by atoms with Crippen molar-refractivity contribution < 1.29 is 18.7 Å². The molecule has 2 aromatic carbocycles. The van der Waals surface area contributed by atoms with Crippen molar-refractivity contribution in [3.63, 3.8) is 0 Å². The van der Waals surface area contributed by atoms with E-state index >= 15 is 0 Å². The zero-order chi connectivity index (χ0) is 25.8. The Morgan fingerprint density at radius 2 is 1.84 bits per heavy atom. The van der Waals surface area contributed by atoms with Gasteiger partial charge in [0.15, 0.2) is 11.5 Å². The molecule has 1 N–H and O–H groups in total. The lowest BCUT2D eigenvalue weighted by Gasteiger charge is -2.32. The second-order valence-electron chi connectivity index (χ2n) is 9.95.